The minimum atomic E-state index is -0.528. The van der Waals surface area contributed by atoms with Gasteiger partial charge in [0.05, 0.1) is 36.3 Å². The molecule has 1 aromatic rings. The molecule has 1 atom stereocenters. The number of nitrogens with zero attached hydrogens (tertiary/aromatic N) is 3. The third kappa shape index (κ3) is 3.09. The summed E-state index contributed by atoms with van der Waals surface area (Å²) in [6.07, 6.45) is 4.24. The van der Waals surface area contributed by atoms with Crippen molar-refractivity contribution < 1.29 is 4.74 Å². The fourth-order valence-electron chi connectivity index (χ4n) is 3.08. The van der Waals surface area contributed by atoms with Crippen molar-refractivity contribution in [3.8, 4) is 0 Å². The summed E-state index contributed by atoms with van der Waals surface area (Å²) in [5.41, 5.74) is 15.0. The number of ether oxygens (including phenoxy) is 1. The van der Waals surface area contributed by atoms with Crippen molar-refractivity contribution >= 4 is 17.1 Å². The lowest BCUT2D eigenvalue weighted by molar-refractivity contribution is 0.122. The van der Waals surface area contributed by atoms with Crippen LogP contribution in [0, 0.1) is 5.92 Å². The zero-order chi connectivity index (χ0) is 16.4. The first-order valence-corrected chi connectivity index (χ1v) is 8.11. The lowest BCUT2D eigenvalue weighted by Gasteiger charge is -2.37. The van der Waals surface area contributed by atoms with Gasteiger partial charge in [0.1, 0.15) is 5.84 Å². The number of nitrogens with two attached hydrogens (primary N) is 2. The Bertz CT molecular complexity index is 616. The minimum absolute atomic E-state index is 0.239. The molecule has 4 N–H and O–H groups in total. The molecule has 23 heavy (non-hydrogen) atoms. The Hall–Kier alpha value is -1.92. The van der Waals surface area contributed by atoms with Gasteiger partial charge < -0.3 is 21.1 Å². The lowest BCUT2D eigenvalue weighted by atomic mass is 9.75. The third-order valence-electron chi connectivity index (χ3n) is 4.76. The van der Waals surface area contributed by atoms with Crippen molar-refractivity contribution in [1.82, 2.24) is 4.98 Å². The smallest absolute Gasteiger partial charge is 0.101 e. The number of aromatic nitrogens is 1. The number of aliphatic imine (C=N–C) groups is 1. The summed E-state index contributed by atoms with van der Waals surface area (Å²) in [5.74, 6) is 0.818. The molecule has 0 radical (unpaired) electrons. The Morgan fingerprint density at radius 3 is 2.61 bits per heavy atom. The van der Waals surface area contributed by atoms with Gasteiger partial charge in [-0.3, -0.25) is 4.98 Å². The quantitative estimate of drug-likeness (QED) is 0.879. The number of hydrogen-bond donors (Lipinski definition) is 2. The molecule has 3 heterocycles. The Balaban J connectivity index is 1.88. The first-order valence-electron chi connectivity index (χ1n) is 8.11. The van der Waals surface area contributed by atoms with Crippen molar-refractivity contribution in [2.24, 2.45) is 22.4 Å². The Morgan fingerprint density at radius 2 is 2.00 bits per heavy atom. The molecule has 0 aliphatic carbocycles. The molecule has 0 amide bonds. The highest BCUT2D eigenvalue weighted by Crippen LogP contribution is 2.36. The normalized spacial score (nSPS) is 25.3. The molecule has 124 valence electrons. The summed E-state index contributed by atoms with van der Waals surface area (Å²) in [5, 5.41) is 0. The topological polar surface area (TPSA) is 89.8 Å². The lowest BCUT2D eigenvalue weighted by Crippen LogP contribution is -2.50. The monoisotopic (exact) mass is 315 g/mol. The standard InChI is InChI=1S/C17H25N5O/c1-12(2)17(19)9-16(18)21-11-14(17)15-4-3-13(10-20-15)22-5-7-23-8-6-22/h3-4,10-12H,5-9,19H2,1-2H3,(H2,18,21). The van der Waals surface area contributed by atoms with Crippen molar-refractivity contribution in [3.05, 3.63) is 30.2 Å². The fourth-order valence-corrected chi connectivity index (χ4v) is 3.08. The molecule has 3 rings (SSSR count). The third-order valence-corrected chi connectivity index (χ3v) is 4.76. The van der Waals surface area contributed by atoms with Crippen LogP contribution < -0.4 is 16.4 Å². The van der Waals surface area contributed by atoms with Crippen LogP contribution in [0.2, 0.25) is 0 Å². The van der Waals surface area contributed by atoms with Gasteiger partial charge in [-0.1, -0.05) is 13.8 Å². The zero-order valence-electron chi connectivity index (χ0n) is 13.8. The molecule has 1 saturated heterocycles. The Morgan fingerprint density at radius 1 is 1.26 bits per heavy atom. The van der Waals surface area contributed by atoms with Gasteiger partial charge in [-0.15, -0.1) is 0 Å². The van der Waals surface area contributed by atoms with Gasteiger partial charge in [0, 0.05) is 31.3 Å². The summed E-state index contributed by atoms with van der Waals surface area (Å²) >= 11 is 0. The summed E-state index contributed by atoms with van der Waals surface area (Å²) in [7, 11) is 0. The summed E-state index contributed by atoms with van der Waals surface area (Å²) in [6, 6.07) is 4.12. The van der Waals surface area contributed by atoms with E-state index in [1.165, 1.54) is 0 Å². The average molecular weight is 315 g/mol. The van der Waals surface area contributed by atoms with E-state index in [9.17, 15) is 0 Å². The van der Waals surface area contributed by atoms with Crippen LogP contribution in [0.4, 0.5) is 5.69 Å². The minimum Gasteiger partial charge on any atom is -0.387 e. The second-order valence-corrected chi connectivity index (χ2v) is 6.54. The van der Waals surface area contributed by atoms with Crippen LogP contribution in [-0.4, -0.2) is 42.7 Å². The maximum absolute atomic E-state index is 6.65. The summed E-state index contributed by atoms with van der Waals surface area (Å²) in [4.78, 5) is 11.2. The van der Waals surface area contributed by atoms with Crippen LogP contribution in [-0.2, 0) is 4.74 Å². The fraction of sp³-hybridized carbons (Fsp3) is 0.529. The largest absolute Gasteiger partial charge is 0.387 e. The van der Waals surface area contributed by atoms with E-state index in [4.69, 9.17) is 16.2 Å². The molecular formula is C17H25N5O. The number of amidine groups is 1. The van der Waals surface area contributed by atoms with Gasteiger partial charge >= 0.3 is 0 Å². The molecule has 2 aliphatic heterocycles. The molecule has 6 heteroatoms. The van der Waals surface area contributed by atoms with Crippen molar-refractivity contribution in [2.45, 2.75) is 25.8 Å². The SMILES string of the molecule is CC(C)C1(N)CC(N)=NC=C1c1ccc(N2CCOCC2)cn1. The predicted octanol–water partition coefficient (Wildman–Crippen LogP) is 1.37. The van der Waals surface area contributed by atoms with Crippen LogP contribution in [0.5, 0.6) is 0 Å². The molecule has 0 aromatic carbocycles. The van der Waals surface area contributed by atoms with Gasteiger partial charge in [0.15, 0.2) is 0 Å². The number of hydrogen-bond acceptors (Lipinski definition) is 6. The number of pyridine rings is 1. The maximum Gasteiger partial charge on any atom is 0.101 e. The molecule has 1 fully saturated rings. The van der Waals surface area contributed by atoms with Crippen LogP contribution in [0.3, 0.4) is 0 Å². The molecule has 1 unspecified atom stereocenters. The number of rotatable bonds is 3. The van der Waals surface area contributed by atoms with E-state index in [0.717, 1.165) is 43.3 Å². The first kappa shape index (κ1) is 16.0. The molecule has 2 aliphatic rings. The van der Waals surface area contributed by atoms with Crippen LogP contribution in [0.25, 0.3) is 5.57 Å². The van der Waals surface area contributed by atoms with Crippen molar-refractivity contribution in [3.63, 3.8) is 0 Å². The maximum atomic E-state index is 6.65. The molecule has 0 saturated carbocycles. The zero-order valence-corrected chi connectivity index (χ0v) is 13.8. The van der Waals surface area contributed by atoms with Crippen molar-refractivity contribution in [2.75, 3.05) is 31.2 Å². The highest BCUT2D eigenvalue weighted by atomic mass is 16.5. The second-order valence-electron chi connectivity index (χ2n) is 6.54. The van der Waals surface area contributed by atoms with E-state index in [-0.39, 0.29) is 5.92 Å². The molecule has 1 aromatic heterocycles. The Labute approximate surface area is 137 Å². The van der Waals surface area contributed by atoms with E-state index >= 15 is 0 Å². The van der Waals surface area contributed by atoms with Crippen LogP contribution in [0.15, 0.2) is 29.5 Å². The summed E-state index contributed by atoms with van der Waals surface area (Å²) < 4.78 is 5.39. The van der Waals surface area contributed by atoms with Gasteiger partial charge in [0.2, 0.25) is 0 Å². The average Bonchev–Trinajstić information content (AvgIpc) is 2.56. The van der Waals surface area contributed by atoms with Crippen LogP contribution >= 0.6 is 0 Å². The number of morpholine rings is 1. The molecule has 0 bridgehead atoms. The Kier molecular flexibility index (Phi) is 4.37. The number of anilines is 1. The van der Waals surface area contributed by atoms with E-state index < -0.39 is 5.54 Å². The summed E-state index contributed by atoms with van der Waals surface area (Å²) in [6.45, 7) is 7.54. The van der Waals surface area contributed by atoms with Crippen molar-refractivity contribution in [1.29, 1.82) is 0 Å². The second kappa shape index (κ2) is 6.29. The van der Waals surface area contributed by atoms with Gasteiger partial charge in [0.25, 0.3) is 0 Å². The predicted molar refractivity (Wildman–Crippen MR) is 93.2 cm³/mol. The highest BCUT2D eigenvalue weighted by molar-refractivity contribution is 5.90. The van der Waals surface area contributed by atoms with E-state index in [1.807, 2.05) is 12.3 Å². The van der Waals surface area contributed by atoms with E-state index in [1.54, 1.807) is 6.20 Å². The van der Waals surface area contributed by atoms with E-state index in [0.29, 0.717) is 12.3 Å². The van der Waals surface area contributed by atoms with E-state index in [2.05, 4.69) is 34.8 Å². The van der Waals surface area contributed by atoms with Gasteiger partial charge in [-0.2, -0.15) is 0 Å². The molecular weight excluding hydrogens is 290 g/mol. The molecule has 0 spiro atoms. The van der Waals surface area contributed by atoms with Gasteiger partial charge in [-0.05, 0) is 18.1 Å². The van der Waals surface area contributed by atoms with Crippen LogP contribution in [0.1, 0.15) is 26.0 Å². The first-order chi connectivity index (χ1) is 11.0. The van der Waals surface area contributed by atoms with Gasteiger partial charge in [-0.25, -0.2) is 4.99 Å². The molecule has 6 nitrogen and oxygen atoms in total. The highest BCUT2D eigenvalue weighted by Gasteiger charge is 2.37.